The molecule has 0 saturated carbocycles. The first kappa shape index (κ1) is 12.9. The highest BCUT2D eigenvalue weighted by atomic mass is 32.2. The smallest absolute Gasteiger partial charge is 0.179 e. The van der Waals surface area contributed by atoms with E-state index in [2.05, 4.69) is 15.6 Å². The minimum atomic E-state index is -3.22. The largest absolute Gasteiger partial charge is 0.368 e. The maximum atomic E-state index is 11.4. The van der Waals surface area contributed by atoms with Crippen LogP contribution in [0.3, 0.4) is 0 Å². The van der Waals surface area contributed by atoms with Crippen molar-refractivity contribution in [2.75, 3.05) is 31.2 Å². The molecule has 0 amide bonds. The van der Waals surface area contributed by atoms with Crippen molar-refractivity contribution in [1.82, 2.24) is 10.3 Å². The topological polar surface area (TPSA) is 71.1 Å². The number of aromatic nitrogens is 1. The van der Waals surface area contributed by atoms with E-state index in [1.165, 1.54) is 6.26 Å². The number of anilines is 1. The average Bonchev–Trinajstić information content (AvgIpc) is 2.24. The van der Waals surface area contributed by atoms with Gasteiger partial charge >= 0.3 is 0 Å². The van der Waals surface area contributed by atoms with E-state index in [1.807, 2.05) is 6.92 Å². The van der Waals surface area contributed by atoms with Crippen LogP contribution in [0.4, 0.5) is 5.82 Å². The second-order valence-electron chi connectivity index (χ2n) is 3.40. The molecule has 0 saturated heterocycles. The van der Waals surface area contributed by atoms with Crippen LogP contribution in [0.1, 0.15) is 6.92 Å². The standard InChI is InChI=1S/C10H17N3O2S/c1-3-11-7-8-13-10-9(16(2,14)15)5-4-6-12-10/h4-6,11H,3,7-8H2,1-2H3,(H,12,13). The minimum absolute atomic E-state index is 0.242. The summed E-state index contributed by atoms with van der Waals surface area (Å²) in [6, 6.07) is 3.17. The van der Waals surface area contributed by atoms with Crippen LogP contribution >= 0.6 is 0 Å². The van der Waals surface area contributed by atoms with Crippen molar-refractivity contribution >= 4 is 15.7 Å². The van der Waals surface area contributed by atoms with E-state index >= 15 is 0 Å². The van der Waals surface area contributed by atoms with Gasteiger partial charge in [0.15, 0.2) is 9.84 Å². The van der Waals surface area contributed by atoms with E-state index in [-0.39, 0.29) is 4.90 Å². The summed E-state index contributed by atoms with van der Waals surface area (Å²) in [6.07, 6.45) is 2.75. The number of nitrogens with one attached hydrogen (secondary N) is 2. The summed E-state index contributed by atoms with van der Waals surface area (Å²) in [5.74, 6) is 0.419. The van der Waals surface area contributed by atoms with Gasteiger partial charge in [-0.1, -0.05) is 6.92 Å². The molecule has 6 heteroatoms. The van der Waals surface area contributed by atoms with Crippen LogP contribution in [0.15, 0.2) is 23.2 Å². The molecule has 1 rings (SSSR count). The quantitative estimate of drug-likeness (QED) is 0.712. The highest BCUT2D eigenvalue weighted by Gasteiger charge is 2.12. The first-order valence-electron chi connectivity index (χ1n) is 5.15. The molecule has 0 bridgehead atoms. The molecule has 1 aromatic rings. The summed E-state index contributed by atoms with van der Waals surface area (Å²) < 4.78 is 22.9. The van der Waals surface area contributed by atoms with Crippen molar-refractivity contribution in [3.05, 3.63) is 18.3 Å². The molecule has 0 fully saturated rings. The van der Waals surface area contributed by atoms with Gasteiger partial charge in [0.25, 0.3) is 0 Å². The van der Waals surface area contributed by atoms with Gasteiger partial charge < -0.3 is 10.6 Å². The Balaban J connectivity index is 2.73. The Morgan fingerprint density at radius 3 is 2.75 bits per heavy atom. The first-order chi connectivity index (χ1) is 7.55. The van der Waals surface area contributed by atoms with Gasteiger partial charge in [-0.15, -0.1) is 0 Å². The second-order valence-corrected chi connectivity index (χ2v) is 5.39. The maximum absolute atomic E-state index is 11.4. The molecule has 0 unspecified atom stereocenters. The van der Waals surface area contributed by atoms with E-state index < -0.39 is 9.84 Å². The number of hydrogen-bond acceptors (Lipinski definition) is 5. The molecule has 0 radical (unpaired) electrons. The number of likely N-dealkylation sites (N-methyl/N-ethyl adjacent to an activating group) is 1. The summed E-state index contributed by atoms with van der Waals surface area (Å²) in [5.41, 5.74) is 0. The Labute approximate surface area is 96.2 Å². The Hall–Kier alpha value is -1.14. The summed E-state index contributed by atoms with van der Waals surface area (Å²) in [5, 5.41) is 6.14. The zero-order valence-electron chi connectivity index (χ0n) is 9.53. The van der Waals surface area contributed by atoms with Crippen LogP contribution in [0.25, 0.3) is 0 Å². The number of hydrogen-bond donors (Lipinski definition) is 2. The molecule has 0 atom stereocenters. The molecular formula is C10H17N3O2S. The van der Waals surface area contributed by atoms with E-state index in [0.29, 0.717) is 12.4 Å². The molecule has 1 aromatic heterocycles. The van der Waals surface area contributed by atoms with Gasteiger partial charge in [-0.25, -0.2) is 13.4 Å². The molecule has 2 N–H and O–H groups in total. The lowest BCUT2D eigenvalue weighted by Gasteiger charge is -2.09. The zero-order chi connectivity index (χ0) is 12.0. The van der Waals surface area contributed by atoms with Gasteiger partial charge in [-0.2, -0.15) is 0 Å². The minimum Gasteiger partial charge on any atom is -0.368 e. The van der Waals surface area contributed by atoms with Gasteiger partial charge in [-0.05, 0) is 18.7 Å². The van der Waals surface area contributed by atoms with Crippen LogP contribution in [0.2, 0.25) is 0 Å². The SMILES string of the molecule is CCNCCNc1ncccc1S(C)(=O)=O. The normalized spacial score (nSPS) is 11.4. The van der Waals surface area contributed by atoms with Crippen molar-refractivity contribution in [2.24, 2.45) is 0 Å². The molecule has 0 aliphatic rings. The third-order valence-electron chi connectivity index (χ3n) is 2.01. The Morgan fingerprint density at radius 1 is 1.38 bits per heavy atom. The molecule has 0 aliphatic carbocycles. The number of rotatable bonds is 6. The Morgan fingerprint density at radius 2 is 2.12 bits per heavy atom. The van der Waals surface area contributed by atoms with Gasteiger partial charge in [0.05, 0.1) is 0 Å². The Kier molecular flexibility index (Phi) is 4.70. The molecule has 0 aliphatic heterocycles. The van der Waals surface area contributed by atoms with Crippen LogP contribution < -0.4 is 10.6 Å². The molecule has 16 heavy (non-hydrogen) atoms. The molecule has 5 nitrogen and oxygen atoms in total. The molecule has 1 heterocycles. The third kappa shape index (κ3) is 3.79. The van der Waals surface area contributed by atoms with Crippen LogP contribution in [0.5, 0.6) is 0 Å². The lowest BCUT2D eigenvalue weighted by Crippen LogP contribution is -2.22. The molecular weight excluding hydrogens is 226 g/mol. The van der Waals surface area contributed by atoms with Gasteiger partial charge in [0.1, 0.15) is 10.7 Å². The van der Waals surface area contributed by atoms with Crippen molar-refractivity contribution in [1.29, 1.82) is 0 Å². The summed E-state index contributed by atoms with van der Waals surface area (Å²) in [7, 11) is -3.22. The first-order valence-corrected chi connectivity index (χ1v) is 7.04. The lowest BCUT2D eigenvalue weighted by molar-refractivity contribution is 0.601. The van der Waals surface area contributed by atoms with Crippen molar-refractivity contribution < 1.29 is 8.42 Å². The fraction of sp³-hybridized carbons (Fsp3) is 0.500. The summed E-state index contributed by atoms with van der Waals surface area (Å²) in [6.45, 7) is 4.33. The van der Waals surface area contributed by atoms with Crippen LogP contribution in [0, 0.1) is 0 Å². The molecule has 0 aromatic carbocycles. The van der Waals surface area contributed by atoms with Gasteiger partial charge in [0.2, 0.25) is 0 Å². The highest BCUT2D eigenvalue weighted by molar-refractivity contribution is 7.90. The highest BCUT2D eigenvalue weighted by Crippen LogP contribution is 2.16. The average molecular weight is 243 g/mol. The van der Waals surface area contributed by atoms with Gasteiger partial charge in [-0.3, -0.25) is 0 Å². The summed E-state index contributed by atoms with van der Waals surface area (Å²) >= 11 is 0. The van der Waals surface area contributed by atoms with Crippen molar-refractivity contribution in [2.45, 2.75) is 11.8 Å². The number of nitrogens with zero attached hydrogens (tertiary/aromatic N) is 1. The van der Waals surface area contributed by atoms with E-state index in [1.54, 1.807) is 18.3 Å². The predicted octanol–water partition coefficient (Wildman–Crippen LogP) is 0.506. The molecule has 90 valence electrons. The monoisotopic (exact) mass is 243 g/mol. The number of pyridine rings is 1. The lowest BCUT2D eigenvalue weighted by atomic mass is 10.4. The van der Waals surface area contributed by atoms with Crippen molar-refractivity contribution in [3.8, 4) is 0 Å². The van der Waals surface area contributed by atoms with Gasteiger partial charge in [0, 0.05) is 25.5 Å². The van der Waals surface area contributed by atoms with E-state index in [4.69, 9.17) is 0 Å². The van der Waals surface area contributed by atoms with E-state index in [0.717, 1.165) is 13.1 Å². The number of sulfone groups is 1. The maximum Gasteiger partial charge on any atom is 0.179 e. The molecule has 0 spiro atoms. The predicted molar refractivity (Wildman–Crippen MR) is 64.4 cm³/mol. The second kappa shape index (κ2) is 5.81. The fourth-order valence-electron chi connectivity index (χ4n) is 1.27. The van der Waals surface area contributed by atoms with Crippen molar-refractivity contribution in [3.63, 3.8) is 0 Å². The third-order valence-corrected chi connectivity index (χ3v) is 3.14. The van der Waals surface area contributed by atoms with E-state index in [9.17, 15) is 8.42 Å². The summed E-state index contributed by atoms with van der Waals surface area (Å²) in [4.78, 5) is 4.27. The Bertz CT molecular complexity index is 431. The van der Waals surface area contributed by atoms with Crippen LogP contribution in [-0.2, 0) is 9.84 Å². The zero-order valence-corrected chi connectivity index (χ0v) is 10.3. The van der Waals surface area contributed by atoms with Crippen LogP contribution in [-0.4, -0.2) is 39.3 Å². The fourth-order valence-corrected chi connectivity index (χ4v) is 2.07.